The number of pyridine rings is 1. The van der Waals surface area contributed by atoms with E-state index >= 15 is 0 Å². The largest absolute Gasteiger partial charge is 0.307 e. The average molecular weight is 460 g/mol. The smallest absolute Gasteiger partial charge is 0.137 e. The summed E-state index contributed by atoms with van der Waals surface area (Å²) >= 11 is 0. The topological polar surface area (TPSA) is 22.8 Å². The molecule has 0 aliphatic rings. The van der Waals surface area contributed by atoms with Crippen molar-refractivity contribution in [2.24, 2.45) is 0 Å². The lowest BCUT2D eigenvalue weighted by Crippen LogP contribution is -1.99. The van der Waals surface area contributed by atoms with Crippen LogP contribution in [0.1, 0.15) is 0 Å². The summed E-state index contributed by atoms with van der Waals surface area (Å²) in [5, 5.41) is 7.46. The Labute approximate surface area is 207 Å². The molecule has 3 nitrogen and oxygen atoms in total. The Morgan fingerprint density at radius 1 is 0.444 bits per heavy atom. The molecule has 0 aliphatic carbocycles. The first kappa shape index (κ1) is 19.4. The molecular formula is C33H21N3. The standard InChI is InChI=1S/C33H21N3/c1-2-12-24(13-3-1)35-30-21-23-11-5-4-10-22(23)20-28(30)27-18-17-26-25-14-6-7-15-29(25)36(33(26)32(27)35)31-16-8-9-19-34-31/h1-21H. The lowest BCUT2D eigenvalue weighted by atomic mass is 10.1. The molecular weight excluding hydrogens is 438 g/mol. The highest BCUT2D eigenvalue weighted by Gasteiger charge is 2.21. The second-order valence-corrected chi connectivity index (χ2v) is 9.29. The van der Waals surface area contributed by atoms with Crippen molar-refractivity contribution in [1.82, 2.24) is 14.1 Å². The second kappa shape index (κ2) is 7.30. The molecule has 0 N–H and O–H groups in total. The lowest BCUT2D eigenvalue weighted by Gasteiger charge is -2.12. The van der Waals surface area contributed by atoms with Crippen molar-refractivity contribution in [2.45, 2.75) is 0 Å². The number of aromatic nitrogens is 3. The van der Waals surface area contributed by atoms with Gasteiger partial charge in [-0.1, -0.05) is 78.9 Å². The van der Waals surface area contributed by atoms with Crippen LogP contribution in [-0.2, 0) is 0 Å². The Morgan fingerprint density at radius 3 is 1.92 bits per heavy atom. The number of fused-ring (bicyclic) bond motifs is 8. The summed E-state index contributed by atoms with van der Waals surface area (Å²) in [4.78, 5) is 4.78. The molecule has 0 bridgehead atoms. The van der Waals surface area contributed by atoms with Gasteiger partial charge in [0.15, 0.2) is 0 Å². The van der Waals surface area contributed by atoms with Crippen molar-refractivity contribution in [2.75, 3.05) is 0 Å². The summed E-state index contributed by atoms with van der Waals surface area (Å²) < 4.78 is 4.75. The van der Waals surface area contributed by atoms with Crippen LogP contribution in [0.15, 0.2) is 128 Å². The van der Waals surface area contributed by atoms with Crippen LogP contribution >= 0.6 is 0 Å². The van der Waals surface area contributed by atoms with E-state index in [1.807, 2.05) is 12.3 Å². The third-order valence-corrected chi connectivity index (χ3v) is 7.32. The third-order valence-electron chi connectivity index (χ3n) is 7.32. The molecule has 0 aliphatic heterocycles. The van der Waals surface area contributed by atoms with E-state index in [-0.39, 0.29) is 0 Å². The van der Waals surface area contributed by atoms with Crippen LogP contribution < -0.4 is 0 Å². The summed E-state index contributed by atoms with van der Waals surface area (Å²) in [7, 11) is 0. The fourth-order valence-corrected chi connectivity index (χ4v) is 5.80. The minimum absolute atomic E-state index is 0.922. The van der Waals surface area contributed by atoms with Gasteiger partial charge in [-0.05, 0) is 53.2 Å². The molecule has 0 saturated carbocycles. The van der Waals surface area contributed by atoms with Crippen LogP contribution in [0.5, 0.6) is 0 Å². The van der Waals surface area contributed by atoms with Crippen molar-refractivity contribution in [1.29, 1.82) is 0 Å². The van der Waals surface area contributed by atoms with Gasteiger partial charge in [0.1, 0.15) is 5.82 Å². The summed E-state index contributed by atoms with van der Waals surface area (Å²) in [5.41, 5.74) is 5.90. The van der Waals surface area contributed by atoms with E-state index in [1.165, 1.54) is 48.9 Å². The van der Waals surface area contributed by atoms with Gasteiger partial charge in [0.2, 0.25) is 0 Å². The first-order valence-corrected chi connectivity index (χ1v) is 12.2. The van der Waals surface area contributed by atoms with Gasteiger partial charge < -0.3 is 4.57 Å². The number of rotatable bonds is 2. The van der Waals surface area contributed by atoms with Gasteiger partial charge in [-0.25, -0.2) is 4.98 Å². The maximum absolute atomic E-state index is 4.78. The molecule has 8 aromatic rings. The van der Waals surface area contributed by atoms with Gasteiger partial charge >= 0.3 is 0 Å². The zero-order chi connectivity index (χ0) is 23.6. The zero-order valence-corrected chi connectivity index (χ0v) is 19.5. The van der Waals surface area contributed by atoms with Crippen LogP contribution in [0.25, 0.3) is 65.9 Å². The summed E-state index contributed by atoms with van der Waals surface area (Å²) in [6.07, 6.45) is 1.87. The predicted octanol–water partition coefficient (Wildman–Crippen LogP) is 8.43. The Balaban J connectivity index is 1.69. The molecule has 0 amide bonds. The van der Waals surface area contributed by atoms with Gasteiger partial charge in [-0.2, -0.15) is 0 Å². The first-order valence-electron chi connectivity index (χ1n) is 12.2. The molecule has 36 heavy (non-hydrogen) atoms. The van der Waals surface area contributed by atoms with Crippen LogP contribution in [0, 0.1) is 0 Å². The highest BCUT2D eigenvalue weighted by molar-refractivity contribution is 6.24. The zero-order valence-electron chi connectivity index (χ0n) is 19.5. The van der Waals surface area contributed by atoms with E-state index in [4.69, 9.17) is 4.98 Å². The van der Waals surface area contributed by atoms with Crippen LogP contribution in [-0.4, -0.2) is 14.1 Å². The highest BCUT2D eigenvalue weighted by atomic mass is 15.1. The quantitative estimate of drug-likeness (QED) is 0.254. The Morgan fingerprint density at radius 2 is 1.11 bits per heavy atom. The van der Waals surface area contributed by atoms with E-state index < -0.39 is 0 Å². The first-order chi connectivity index (χ1) is 17.9. The van der Waals surface area contributed by atoms with Crippen molar-refractivity contribution in [3.8, 4) is 11.5 Å². The predicted molar refractivity (Wildman–Crippen MR) is 150 cm³/mol. The number of hydrogen-bond donors (Lipinski definition) is 0. The molecule has 8 rings (SSSR count). The second-order valence-electron chi connectivity index (χ2n) is 9.29. The van der Waals surface area contributed by atoms with Crippen LogP contribution in [0.3, 0.4) is 0 Å². The van der Waals surface area contributed by atoms with Crippen molar-refractivity contribution in [3.05, 3.63) is 128 Å². The minimum atomic E-state index is 0.922. The molecule has 0 spiro atoms. The van der Waals surface area contributed by atoms with Gasteiger partial charge in [0.25, 0.3) is 0 Å². The fraction of sp³-hybridized carbons (Fsp3) is 0. The Kier molecular flexibility index (Phi) is 3.94. The molecule has 3 heteroatoms. The summed E-state index contributed by atoms with van der Waals surface area (Å²) in [6.45, 7) is 0. The average Bonchev–Trinajstić information content (AvgIpc) is 3.45. The maximum Gasteiger partial charge on any atom is 0.137 e. The third kappa shape index (κ3) is 2.60. The van der Waals surface area contributed by atoms with E-state index in [9.17, 15) is 0 Å². The van der Waals surface area contributed by atoms with Gasteiger partial charge in [0, 0.05) is 33.4 Å². The van der Waals surface area contributed by atoms with E-state index in [1.54, 1.807) is 0 Å². The molecule has 0 radical (unpaired) electrons. The highest BCUT2D eigenvalue weighted by Crippen LogP contribution is 2.42. The molecule has 0 fully saturated rings. The molecule has 3 aromatic heterocycles. The monoisotopic (exact) mass is 459 g/mol. The van der Waals surface area contributed by atoms with E-state index in [0.29, 0.717) is 0 Å². The number of para-hydroxylation sites is 2. The molecule has 5 aromatic carbocycles. The summed E-state index contributed by atoms with van der Waals surface area (Å²) in [5.74, 6) is 0.922. The molecule has 0 atom stereocenters. The number of hydrogen-bond acceptors (Lipinski definition) is 1. The molecule has 3 heterocycles. The Hall–Kier alpha value is -4.89. The van der Waals surface area contributed by atoms with Gasteiger partial charge in [0.05, 0.1) is 22.1 Å². The number of benzene rings is 5. The Bertz CT molecular complexity index is 2080. The van der Waals surface area contributed by atoms with Gasteiger partial charge in [-0.15, -0.1) is 0 Å². The normalized spacial score (nSPS) is 11.9. The van der Waals surface area contributed by atoms with Crippen LogP contribution in [0.4, 0.5) is 0 Å². The molecule has 0 saturated heterocycles. The maximum atomic E-state index is 4.78. The van der Waals surface area contributed by atoms with Crippen molar-refractivity contribution in [3.63, 3.8) is 0 Å². The lowest BCUT2D eigenvalue weighted by molar-refractivity contribution is 1.08. The SMILES string of the molecule is c1ccc(-n2c3cc4ccccc4cc3c3ccc4c5ccccc5n(-c5ccccn5)c4c32)cc1. The minimum Gasteiger partial charge on any atom is -0.307 e. The van der Waals surface area contributed by atoms with Crippen LogP contribution in [0.2, 0.25) is 0 Å². The molecule has 0 unspecified atom stereocenters. The fourth-order valence-electron chi connectivity index (χ4n) is 5.80. The van der Waals surface area contributed by atoms with Gasteiger partial charge in [-0.3, -0.25) is 4.57 Å². The van der Waals surface area contributed by atoms with E-state index in [2.05, 4.69) is 124 Å². The number of nitrogens with zero attached hydrogens (tertiary/aromatic N) is 3. The van der Waals surface area contributed by atoms with Crippen molar-refractivity contribution >= 4 is 54.4 Å². The van der Waals surface area contributed by atoms with Crippen molar-refractivity contribution < 1.29 is 0 Å². The summed E-state index contributed by atoms with van der Waals surface area (Å²) in [6, 6.07) is 43.3. The molecule has 168 valence electrons. The van der Waals surface area contributed by atoms with E-state index in [0.717, 1.165) is 17.0 Å².